The highest BCUT2D eigenvalue weighted by molar-refractivity contribution is 9.10. The summed E-state index contributed by atoms with van der Waals surface area (Å²) >= 11 is 4.64. The molecule has 0 aliphatic heterocycles. The van der Waals surface area contributed by atoms with Crippen LogP contribution in [-0.4, -0.2) is 39.4 Å². The number of esters is 1. The molecule has 3 aromatic rings. The maximum absolute atomic E-state index is 12.1. The van der Waals surface area contributed by atoms with Crippen LogP contribution in [0.4, 0.5) is 0 Å². The van der Waals surface area contributed by atoms with Gasteiger partial charge < -0.3 is 9.47 Å². The summed E-state index contributed by atoms with van der Waals surface area (Å²) in [6, 6.07) is 9.22. The number of hydrogen-bond donors (Lipinski definition) is 0. The van der Waals surface area contributed by atoms with Crippen LogP contribution < -0.4 is 4.74 Å². The molecule has 2 heterocycles. The van der Waals surface area contributed by atoms with Gasteiger partial charge in [0.25, 0.3) is 0 Å². The molecule has 2 aromatic heterocycles. The lowest BCUT2D eigenvalue weighted by atomic mass is 10.3. The number of hydrogen-bond acceptors (Lipinski definition) is 7. The Hall–Kier alpha value is -2.26. The van der Waals surface area contributed by atoms with Crippen LogP contribution >= 0.6 is 27.3 Å². The first-order valence-corrected chi connectivity index (χ1v) is 8.27. The molecule has 0 N–H and O–H groups in total. The van der Waals surface area contributed by atoms with Crippen LogP contribution in [0.3, 0.4) is 0 Å². The van der Waals surface area contributed by atoms with E-state index in [2.05, 4.69) is 31.5 Å². The van der Waals surface area contributed by atoms with Crippen LogP contribution in [0.25, 0.3) is 5.69 Å². The van der Waals surface area contributed by atoms with Crippen molar-refractivity contribution in [1.29, 1.82) is 0 Å². The molecule has 9 heteroatoms. The summed E-state index contributed by atoms with van der Waals surface area (Å²) in [7, 11) is 0. The minimum absolute atomic E-state index is 0.151. The summed E-state index contributed by atoms with van der Waals surface area (Å²) in [6.45, 7) is 0.423. The Morgan fingerprint density at radius 1 is 1.30 bits per heavy atom. The summed E-state index contributed by atoms with van der Waals surface area (Å²) < 4.78 is 13.1. The van der Waals surface area contributed by atoms with Crippen molar-refractivity contribution >= 4 is 33.2 Å². The van der Waals surface area contributed by atoms with Crippen molar-refractivity contribution < 1.29 is 14.3 Å². The monoisotopic (exact) mass is 394 g/mol. The summed E-state index contributed by atoms with van der Waals surface area (Å²) in [5.74, 6) is 0.282. The van der Waals surface area contributed by atoms with Crippen molar-refractivity contribution in [3.05, 3.63) is 51.4 Å². The van der Waals surface area contributed by atoms with Crippen molar-refractivity contribution in [2.75, 3.05) is 13.2 Å². The Morgan fingerprint density at radius 2 is 2.22 bits per heavy atom. The molecular weight excluding hydrogens is 384 g/mol. The van der Waals surface area contributed by atoms with Gasteiger partial charge in [-0.3, -0.25) is 0 Å². The number of rotatable bonds is 6. The largest absolute Gasteiger partial charge is 0.490 e. The molecule has 0 fully saturated rings. The molecule has 23 heavy (non-hydrogen) atoms. The maximum atomic E-state index is 12.1. The van der Waals surface area contributed by atoms with E-state index < -0.39 is 5.97 Å². The smallest absolute Gasteiger partial charge is 0.350 e. The van der Waals surface area contributed by atoms with Gasteiger partial charge in [0, 0.05) is 4.47 Å². The van der Waals surface area contributed by atoms with Gasteiger partial charge in [-0.05, 0) is 40.1 Å². The van der Waals surface area contributed by atoms with E-state index in [1.807, 2.05) is 24.3 Å². The summed E-state index contributed by atoms with van der Waals surface area (Å²) in [6.07, 6.45) is 1.43. The van der Waals surface area contributed by atoms with Gasteiger partial charge in [-0.1, -0.05) is 22.0 Å². The van der Waals surface area contributed by atoms with E-state index in [1.165, 1.54) is 22.3 Å². The molecule has 0 bridgehead atoms. The molecule has 118 valence electrons. The van der Waals surface area contributed by atoms with Gasteiger partial charge >= 0.3 is 5.97 Å². The van der Waals surface area contributed by atoms with Gasteiger partial charge in [-0.2, -0.15) is 4.68 Å². The summed E-state index contributed by atoms with van der Waals surface area (Å²) in [4.78, 5) is 12.6. The molecule has 0 radical (unpaired) electrons. The molecule has 0 amide bonds. The third-order valence-electron chi connectivity index (χ3n) is 2.81. The number of aromatic nitrogens is 4. The van der Waals surface area contributed by atoms with Crippen molar-refractivity contribution in [3.8, 4) is 11.4 Å². The highest BCUT2D eigenvalue weighted by atomic mass is 79.9. The van der Waals surface area contributed by atoms with Crippen LogP contribution in [0.5, 0.6) is 5.75 Å². The minimum atomic E-state index is -0.427. The Labute approximate surface area is 144 Å². The van der Waals surface area contributed by atoms with E-state index in [9.17, 15) is 4.79 Å². The third-order valence-corrected chi connectivity index (χ3v) is 4.18. The normalized spacial score (nSPS) is 10.5. The number of carbonyl (C=O) groups is 1. The Kier molecular flexibility index (Phi) is 4.99. The van der Waals surface area contributed by atoms with Crippen molar-refractivity contribution in [1.82, 2.24) is 20.2 Å². The average molecular weight is 395 g/mol. The van der Waals surface area contributed by atoms with Gasteiger partial charge in [-0.25, -0.2) is 4.79 Å². The van der Waals surface area contributed by atoms with Gasteiger partial charge in [0.2, 0.25) is 0 Å². The molecule has 3 rings (SSSR count). The topological polar surface area (TPSA) is 79.1 Å². The number of tetrazole rings is 1. The van der Waals surface area contributed by atoms with E-state index in [4.69, 9.17) is 9.47 Å². The fourth-order valence-electron chi connectivity index (χ4n) is 1.82. The highest BCUT2D eigenvalue weighted by Crippen LogP contribution is 2.21. The minimum Gasteiger partial charge on any atom is -0.490 e. The summed E-state index contributed by atoms with van der Waals surface area (Å²) in [5.41, 5.74) is 0.595. The molecule has 0 saturated carbocycles. The SMILES string of the molecule is O=C(OCCOc1cccc(Br)c1)c1sccc1-n1cnnn1. The second-order valence-corrected chi connectivity index (χ2v) is 6.16. The molecule has 0 aliphatic rings. The number of ether oxygens (including phenoxy) is 2. The van der Waals surface area contributed by atoms with Gasteiger partial charge in [0.05, 0.1) is 5.69 Å². The van der Waals surface area contributed by atoms with E-state index in [0.717, 1.165) is 4.47 Å². The molecule has 1 aromatic carbocycles. The van der Waals surface area contributed by atoms with Crippen LogP contribution in [0.2, 0.25) is 0 Å². The van der Waals surface area contributed by atoms with Crippen molar-refractivity contribution in [2.45, 2.75) is 0 Å². The van der Waals surface area contributed by atoms with Gasteiger partial charge in [-0.15, -0.1) is 16.4 Å². The van der Waals surface area contributed by atoms with Crippen LogP contribution in [-0.2, 0) is 4.74 Å². The number of carbonyl (C=O) groups excluding carboxylic acids is 1. The molecular formula is C14H11BrN4O3S. The molecule has 0 aliphatic carbocycles. The van der Waals surface area contributed by atoms with Crippen molar-refractivity contribution in [2.24, 2.45) is 0 Å². The zero-order valence-electron chi connectivity index (χ0n) is 11.8. The molecule has 0 unspecified atom stereocenters. The maximum Gasteiger partial charge on any atom is 0.350 e. The van der Waals surface area contributed by atoms with Gasteiger partial charge in [0.15, 0.2) is 0 Å². The van der Waals surface area contributed by atoms with Crippen molar-refractivity contribution in [3.63, 3.8) is 0 Å². The lowest BCUT2D eigenvalue weighted by molar-refractivity contribution is 0.0456. The third kappa shape index (κ3) is 3.93. The predicted molar refractivity (Wildman–Crippen MR) is 87.0 cm³/mol. The summed E-state index contributed by atoms with van der Waals surface area (Å²) in [5, 5.41) is 12.7. The zero-order valence-corrected chi connectivity index (χ0v) is 14.2. The second-order valence-electron chi connectivity index (χ2n) is 4.33. The fraction of sp³-hybridized carbons (Fsp3) is 0.143. The first-order valence-electron chi connectivity index (χ1n) is 6.60. The molecule has 7 nitrogen and oxygen atoms in total. The van der Waals surface area contributed by atoms with E-state index in [1.54, 1.807) is 11.4 Å². The molecule has 0 saturated heterocycles. The van der Waals surface area contributed by atoms with E-state index in [0.29, 0.717) is 16.3 Å². The Balaban J connectivity index is 1.53. The number of thiophene rings is 1. The molecule has 0 spiro atoms. The number of nitrogens with zero attached hydrogens (tertiary/aromatic N) is 4. The van der Waals surface area contributed by atoms with Crippen LogP contribution in [0, 0.1) is 0 Å². The first-order chi connectivity index (χ1) is 11.2. The van der Waals surface area contributed by atoms with Crippen LogP contribution in [0.15, 0.2) is 46.5 Å². The highest BCUT2D eigenvalue weighted by Gasteiger charge is 2.16. The second kappa shape index (κ2) is 7.34. The standard InChI is InChI=1S/C14H11BrN4O3S/c15-10-2-1-3-11(8-10)21-5-6-22-14(20)13-12(4-7-23-13)19-9-16-17-18-19/h1-4,7-9H,5-6H2. The zero-order chi connectivity index (χ0) is 16.1. The lowest BCUT2D eigenvalue weighted by Gasteiger charge is -2.07. The Bertz CT molecular complexity index is 791. The number of benzene rings is 1. The van der Waals surface area contributed by atoms with E-state index in [-0.39, 0.29) is 13.2 Å². The van der Waals surface area contributed by atoms with Crippen LogP contribution in [0.1, 0.15) is 9.67 Å². The Morgan fingerprint density at radius 3 is 3.00 bits per heavy atom. The fourth-order valence-corrected chi connectivity index (χ4v) is 2.97. The molecule has 0 atom stereocenters. The lowest BCUT2D eigenvalue weighted by Crippen LogP contribution is -2.13. The quantitative estimate of drug-likeness (QED) is 0.472. The number of halogens is 1. The van der Waals surface area contributed by atoms with E-state index >= 15 is 0 Å². The predicted octanol–water partition coefficient (Wildman–Crippen LogP) is 2.72. The first kappa shape index (κ1) is 15.6. The average Bonchev–Trinajstić information content (AvgIpc) is 3.21. The van der Waals surface area contributed by atoms with Gasteiger partial charge in [0.1, 0.15) is 30.2 Å².